The van der Waals surface area contributed by atoms with Crippen LogP contribution < -0.4 is 5.56 Å². The van der Waals surface area contributed by atoms with Crippen LogP contribution in [0.1, 0.15) is 25.7 Å². The van der Waals surface area contributed by atoms with Crippen molar-refractivity contribution >= 4 is 5.91 Å². The summed E-state index contributed by atoms with van der Waals surface area (Å²) >= 11 is 0. The van der Waals surface area contributed by atoms with E-state index in [-0.39, 0.29) is 11.5 Å². The molecule has 0 radical (unpaired) electrons. The van der Waals surface area contributed by atoms with Gasteiger partial charge in [-0.25, -0.2) is 4.98 Å². The lowest BCUT2D eigenvalue weighted by Gasteiger charge is -2.37. The summed E-state index contributed by atoms with van der Waals surface area (Å²) in [6, 6.07) is 5.31. The fraction of sp³-hybridized carbons (Fsp3) is 0.545. The zero-order valence-corrected chi connectivity index (χ0v) is 17.0. The topological polar surface area (TPSA) is 71.3 Å². The van der Waals surface area contributed by atoms with Crippen LogP contribution in [-0.2, 0) is 11.3 Å². The Hall–Kier alpha value is -2.54. The van der Waals surface area contributed by atoms with Crippen LogP contribution in [0.25, 0.3) is 11.3 Å². The van der Waals surface area contributed by atoms with Crippen LogP contribution >= 0.6 is 0 Å². The van der Waals surface area contributed by atoms with E-state index in [0.29, 0.717) is 24.1 Å². The summed E-state index contributed by atoms with van der Waals surface area (Å²) in [6.45, 7) is 4.21. The average molecular weight is 396 g/mol. The number of amides is 1. The summed E-state index contributed by atoms with van der Waals surface area (Å²) in [5, 5.41) is 0. The van der Waals surface area contributed by atoms with Gasteiger partial charge in [0.2, 0.25) is 5.91 Å². The lowest BCUT2D eigenvalue weighted by molar-refractivity contribution is -0.138. The normalized spacial score (nSPS) is 21.3. The van der Waals surface area contributed by atoms with Crippen LogP contribution in [0.5, 0.6) is 0 Å². The minimum Gasteiger partial charge on any atom is -0.342 e. The molecule has 7 nitrogen and oxygen atoms in total. The van der Waals surface area contributed by atoms with Gasteiger partial charge in [0.1, 0.15) is 0 Å². The van der Waals surface area contributed by atoms with Gasteiger partial charge in [0.25, 0.3) is 5.56 Å². The van der Waals surface area contributed by atoms with Crippen LogP contribution in [0.4, 0.5) is 0 Å². The smallest absolute Gasteiger partial charge is 0.253 e. The van der Waals surface area contributed by atoms with Gasteiger partial charge in [0, 0.05) is 50.2 Å². The van der Waals surface area contributed by atoms with E-state index in [1.54, 1.807) is 29.4 Å². The molecule has 1 atom stereocenters. The third kappa shape index (κ3) is 4.72. The number of likely N-dealkylation sites (tertiary alicyclic amines) is 2. The van der Waals surface area contributed by atoms with Gasteiger partial charge in [-0.05, 0) is 57.3 Å². The Kier molecular flexibility index (Phi) is 6.04. The molecular weight excluding hydrogens is 366 g/mol. The number of carbonyl (C=O) groups is 1. The SMILES string of the molecule is CN1CCCC(C(=O)N2CCC(Cn3cnc(-c4cccnc4)cc3=O)CC2)C1. The second-order valence-corrected chi connectivity index (χ2v) is 8.38. The number of aromatic nitrogens is 3. The highest BCUT2D eigenvalue weighted by Crippen LogP contribution is 2.23. The Bertz CT molecular complexity index is 890. The highest BCUT2D eigenvalue weighted by Gasteiger charge is 2.30. The predicted octanol–water partition coefficient (Wildman–Crippen LogP) is 1.89. The highest BCUT2D eigenvalue weighted by atomic mass is 16.2. The summed E-state index contributed by atoms with van der Waals surface area (Å²) in [5.74, 6) is 0.864. The van der Waals surface area contributed by atoms with Gasteiger partial charge in [0.15, 0.2) is 0 Å². The van der Waals surface area contributed by atoms with Gasteiger partial charge < -0.3 is 9.80 Å². The molecule has 1 unspecified atom stereocenters. The molecule has 2 saturated heterocycles. The van der Waals surface area contributed by atoms with Crippen molar-refractivity contribution in [3.63, 3.8) is 0 Å². The number of nitrogens with zero attached hydrogens (tertiary/aromatic N) is 5. The first-order valence-electron chi connectivity index (χ1n) is 10.5. The molecule has 2 aromatic heterocycles. The van der Waals surface area contributed by atoms with Crippen LogP contribution in [0.15, 0.2) is 41.7 Å². The van der Waals surface area contributed by atoms with E-state index in [0.717, 1.165) is 57.4 Å². The number of carbonyl (C=O) groups excluding carboxylic acids is 1. The largest absolute Gasteiger partial charge is 0.342 e. The van der Waals surface area contributed by atoms with E-state index >= 15 is 0 Å². The Morgan fingerprint density at radius 2 is 2.03 bits per heavy atom. The summed E-state index contributed by atoms with van der Waals surface area (Å²) in [5.41, 5.74) is 1.46. The molecule has 2 aliphatic rings. The highest BCUT2D eigenvalue weighted by molar-refractivity contribution is 5.79. The third-order valence-electron chi connectivity index (χ3n) is 6.19. The molecular formula is C22H29N5O2. The maximum Gasteiger partial charge on any atom is 0.253 e. The molecule has 29 heavy (non-hydrogen) atoms. The van der Waals surface area contributed by atoms with Crippen LogP contribution in [-0.4, -0.2) is 63.5 Å². The molecule has 4 heterocycles. The van der Waals surface area contributed by atoms with Gasteiger partial charge in [0.05, 0.1) is 17.9 Å². The average Bonchev–Trinajstić information content (AvgIpc) is 2.76. The third-order valence-corrected chi connectivity index (χ3v) is 6.19. The fourth-order valence-electron chi connectivity index (χ4n) is 4.48. The number of pyridine rings is 1. The van der Waals surface area contributed by atoms with Crippen molar-refractivity contribution in [3.05, 3.63) is 47.3 Å². The molecule has 4 rings (SSSR count). The van der Waals surface area contributed by atoms with E-state index in [1.807, 2.05) is 17.0 Å². The maximum absolute atomic E-state index is 12.8. The fourth-order valence-corrected chi connectivity index (χ4v) is 4.48. The van der Waals surface area contributed by atoms with Gasteiger partial charge in [-0.2, -0.15) is 0 Å². The summed E-state index contributed by atoms with van der Waals surface area (Å²) in [4.78, 5) is 38.2. The molecule has 0 saturated carbocycles. The molecule has 0 aliphatic carbocycles. The molecule has 0 aromatic carbocycles. The van der Waals surface area contributed by atoms with Crippen LogP contribution in [0.3, 0.4) is 0 Å². The molecule has 154 valence electrons. The molecule has 0 N–H and O–H groups in total. The van der Waals surface area contributed by atoms with E-state index in [2.05, 4.69) is 21.9 Å². The zero-order chi connectivity index (χ0) is 20.2. The predicted molar refractivity (Wildman–Crippen MR) is 111 cm³/mol. The Labute approximate surface area is 171 Å². The lowest BCUT2D eigenvalue weighted by atomic mass is 9.93. The number of piperidine rings is 2. The van der Waals surface area contributed by atoms with Crippen molar-refractivity contribution in [2.45, 2.75) is 32.2 Å². The van der Waals surface area contributed by atoms with Gasteiger partial charge in [-0.3, -0.25) is 19.1 Å². The Balaban J connectivity index is 1.33. The molecule has 2 aliphatic heterocycles. The van der Waals surface area contributed by atoms with Crippen molar-refractivity contribution < 1.29 is 4.79 Å². The van der Waals surface area contributed by atoms with E-state index in [4.69, 9.17) is 0 Å². The van der Waals surface area contributed by atoms with Gasteiger partial charge >= 0.3 is 0 Å². The summed E-state index contributed by atoms with van der Waals surface area (Å²) < 4.78 is 1.69. The van der Waals surface area contributed by atoms with Crippen molar-refractivity contribution in [2.24, 2.45) is 11.8 Å². The molecule has 2 aromatic rings. The van der Waals surface area contributed by atoms with Crippen LogP contribution in [0.2, 0.25) is 0 Å². The van der Waals surface area contributed by atoms with Gasteiger partial charge in [-0.15, -0.1) is 0 Å². The van der Waals surface area contributed by atoms with E-state index < -0.39 is 0 Å². The standard InChI is InChI=1S/C22H29N5O2/c1-25-9-3-5-19(15-25)22(29)26-10-6-17(7-11-26)14-27-16-24-20(12-21(27)28)18-4-2-8-23-13-18/h2,4,8,12-13,16-17,19H,3,5-7,9-11,14-15H2,1H3. The second-order valence-electron chi connectivity index (χ2n) is 8.38. The van der Waals surface area contributed by atoms with Crippen molar-refractivity contribution in [1.29, 1.82) is 0 Å². The number of rotatable bonds is 4. The molecule has 7 heteroatoms. The summed E-state index contributed by atoms with van der Waals surface area (Å²) in [7, 11) is 2.09. The number of hydrogen-bond acceptors (Lipinski definition) is 5. The van der Waals surface area contributed by atoms with Crippen molar-refractivity contribution in [3.8, 4) is 11.3 Å². The first-order chi connectivity index (χ1) is 14.1. The lowest BCUT2D eigenvalue weighted by Crippen LogP contribution is -2.47. The molecule has 1 amide bonds. The van der Waals surface area contributed by atoms with E-state index in [1.165, 1.54) is 0 Å². The van der Waals surface area contributed by atoms with Crippen molar-refractivity contribution in [2.75, 3.05) is 33.2 Å². The Morgan fingerprint density at radius 3 is 2.72 bits per heavy atom. The second kappa shape index (κ2) is 8.86. The molecule has 0 bridgehead atoms. The minimum atomic E-state index is -0.0393. The minimum absolute atomic E-state index is 0.0393. The van der Waals surface area contributed by atoms with E-state index in [9.17, 15) is 9.59 Å². The van der Waals surface area contributed by atoms with Crippen molar-refractivity contribution in [1.82, 2.24) is 24.3 Å². The monoisotopic (exact) mass is 395 g/mol. The van der Waals surface area contributed by atoms with Crippen LogP contribution in [0, 0.1) is 11.8 Å². The quantitative estimate of drug-likeness (QED) is 0.791. The zero-order valence-electron chi connectivity index (χ0n) is 17.0. The first-order valence-corrected chi connectivity index (χ1v) is 10.5. The molecule has 2 fully saturated rings. The van der Waals surface area contributed by atoms with Gasteiger partial charge in [-0.1, -0.05) is 0 Å². The number of hydrogen-bond donors (Lipinski definition) is 0. The Morgan fingerprint density at radius 1 is 1.21 bits per heavy atom. The molecule has 0 spiro atoms. The summed E-state index contributed by atoms with van der Waals surface area (Å²) in [6.07, 6.45) is 9.04. The first kappa shape index (κ1) is 19.8. The maximum atomic E-state index is 12.8.